The van der Waals surface area contributed by atoms with Crippen LogP contribution in [0.5, 0.6) is 0 Å². The zero-order chi connectivity index (χ0) is 15.6. The van der Waals surface area contributed by atoms with Gasteiger partial charge in [0.25, 0.3) is 5.91 Å². The average molecular weight is 323 g/mol. The molecule has 0 N–H and O–H groups in total. The van der Waals surface area contributed by atoms with Gasteiger partial charge in [-0.3, -0.25) is 4.79 Å². The Kier molecular flexibility index (Phi) is 5.37. The first-order chi connectivity index (χ1) is 9.21. The number of allylic oxidation sites excluding steroid dienone is 1. The molecule has 1 rings (SSSR count). The molecule has 0 fully saturated rings. The molecule has 0 saturated heterocycles. The first kappa shape index (κ1) is 17.2. The predicted octanol–water partition coefficient (Wildman–Crippen LogP) is 0.710. The van der Waals surface area contributed by atoms with Gasteiger partial charge in [0, 0.05) is 13.1 Å². The summed E-state index contributed by atoms with van der Waals surface area (Å²) in [7, 11) is -7.47. The van der Waals surface area contributed by atoms with Gasteiger partial charge in [-0.25, -0.2) is 16.8 Å². The molecular weight excluding hydrogens is 302 g/mol. The number of rotatable bonds is 5. The molecule has 0 aromatic carbocycles. The van der Waals surface area contributed by atoms with Crippen LogP contribution in [0.2, 0.25) is 0 Å². The standard InChI is InChI=1S/C12H21NO5S2/c1-4-7-10-11(12(14)13(5-2)6-3)20(17,18)9-8-19(10,15)16/h4-9H2,1-3H3. The molecule has 0 saturated carbocycles. The lowest BCUT2D eigenvalue weighted by Gasteiger charge is -2.25. The summed E-state index contributed by atoms with van der Waals surface area (Å²) in [5, 5.41) is 0. The van der Waals surface area contributed by atoms with Crippen molar-refractivity contribution in [2.24, 2.45) is 0 Å². The fourth-order valence-corrected chi connectivity index (χ4v) is 6.86. The van der Waals surface area contributed by atoms with E-state index in [4.69, 9.17) is 0 Å². The van der Waals surface area contributed by atoms with Crippen LogP contribution in [0.4, 0.5) is 0 Å². The molecule has 1 amide bonds. The molecule has 0 unspecified atom stereocenters. The van der Waals surface area contributed by atoms with Crippen LogP contribution in [-0.4, -0.2) is 52.2 Å². The van der Waals surface area contributed by atoms with E-state index in [-0.39, 0.29) is 11.3 Å². The van der Waals surface area contributed by atoms with E-state index in [1.165, 1.54) is 4.90 Å². The van der Waals surface area contributed by atoms with Gasteiger partial charge in [-0.2, -0.15) is 0 Å². The van der Waals surface area contributed by atoms with Crippen LogP contribution in [0.1, 0.15) is 33.6 Å². The third kappa shape index (κ3) is 3.22. The van der Waals surface area contributed by atoms with Crippen LogP contribution in [0, 0.1) is 0 Å². The third-order valence-electron chi connectivity index (χ3n) is 3.28. The van der Waals surface area contributed by atoms with Crippen LogP contribution >= 0.6 is 0 Å². The molecule has 8 heteroatoms. The number of amides is 1. The van der Waals surface area contributed by atoms with E-state index >= 15 is 0 Å². The number of sulfone groups is 2. The number of hydrogen-bond donors (Lipinski definition) is 0. The summed E-state index contributed by atoms with van der Waals surface area (Å²) in [5.74, 6) is -1.63. The van der Waals surface area contributed by atoms with E-state index in [0.29, 0.717) is 19.5 Å². The van der Waals surface area contributed by atoms with Crippen LogP contribution in [-0.2, 0) is 24.5 Å². The Hall–Kier alpha value is -0.890. The van der Waals surface area contributed by atoms with Gasteiger partial charge in [-0.1, -0.05) is 13.3 Å². The van der Waals surface area contributed by atoms with E-state index in [9.17, 15) is 21.6 Å². The minimum absolute atomic E-state index is 0.0872. The number of likely N-dealkylation sites (N-methyl/N-ethyl adjacent to an activating group) is 1. The average Bonchev–Trinajstić information content (AvgIpc) is 2.36. The van der Waals surface area contributed by atoms with Gasteiger partial charge in [0.05, 0.1) is 16.4 Å². The second-order valence-corrected chi connectivity index (χ2v) is 8.79. The summed E-state index contributed by atoms with van der Waals surface area (Å²) in [6.07, 6.45) is 0.559. The van der Waals surface area contributed by atoms with Crippen molar-refractivity contribution in [2.75, 3.05) is 24.6 Å². The van der Waals surface area contributed by atoms with Gasteiger partial charge in [0.2, 0.25) is 0 Å². The number of carbonyl (C=O) groups is 1. The minimum Gasteiger partial charge on any atom is -0.339 e. The van der Waals surface area contributed by atoms with E-state index < -0.39 is 42.0 Å². The van der Waals surface area contributed by atoms with Crippen molar-refractivity contribution in [1.82, 2.24) is 4.90 Å². The largest absolute Gasteiger partial charge is 0.339 e. The Morgan fingerprint density at radius 3 is 1.95 bits per heavy atom. The Bertz CT molecular complexity index is 612. The van der Waals surface area contributed by atoms with E-state index in [1.807, 2.05) is 0 Å². The lowest BCUT2D eigenvalue weighted by Crippen LogP contribution is -2.39. The highest BCUT2D eigenvalue weighted by molar-refractivity contribution is 8.02. The van der Waals surface area contributed by atoms with E-state index in [1.54, 1.807) is 20.8 Å². The maximum Gasteiger partial charge on any atom is 0.266 e. The molecule has 0 aromatic heterocycles. The summed E-state index contributed by atoms with van der Waals surface area (Å²) in [6.45, 7) is 5.89. The second-order valence-electron chi connectivity index (χ2n) is 4.62. The summed E-state index contributed by atoms with van der Waals surface area (Å²) in [4.78, 5) is 13.0. The fourth-order valence-electron chi connectivity index (χ4n) is 2.16. The molecule has 0 radical (unpaired) electrons. The normalized spacial score (nSPS) is 20.8. The maximum absolute atomic E-state index is 12.4. The van der Waals surface area contributed by atoms with Crippen molar-refractivity contribution in [3.05, 3.63) is 9.81 Å². The van der Waals surface area contributed by atoms with Crippen molar-refractivity contribution in [1.29, 1.82) is 0 Å². The zero-order valence-corrected chi connectivity index (χ0v) is 13.7. The monoisotopic (exact) mass is 323 g/mol. The highest BCUT2D eigenvalue weighted by Gasteiger charge is 2.40. The Labute approximate surface area is 120 Å². The maximum atomic E-state index is 12.4. The van der Waals surface area contributed by atoms with Crippen molar-refractivity contribution in [3.8, 4) is 0 Å². The van der Waals surface area contributed by atoms with Crippen molar-refractivity contribution in [2.45, 2.75) is 33.6 Å². The summed E-state index contributed by atoms with van der Waals surface area (Å²) in [5.41, 5.74) is 0. The molecule has 0 aromatic rings. The molecular formula is C12H21NO5S2. The van der Waals surface area contributed by atoms with E-state index in [0.717, 1.165) is 0 Å². The SMILES string of the molecule is CCCC1=C(C(=O)N(CC)CC)S(=O)(=O)CCS1(=O)=O. The second kappa shape index (κ2) is 6.26. The van der Waals surface area contributed by atoms with Crippen molar-refractivity contribution < 1.29 is 21.6 Å². The van der Waals surface area contributed by atoms with Gasteiger partial charge < -0.3 is 4.90 Å². The number of carbonyl (C=O) groups excluding carboxylic acids is 1. The number of nitrogens with zero attached hydrogens (tertiary/aromatic N) is 1. The first-order valence-corrected chi connectivity index (χ1v) is 9.99. The molecule has 0 bridgehead atoms. The first-order valence-electron chi connectivity index (χ1n) is 6.69. The van der Waals surface area contributed by atoms with Crippen LogP contribution in [0.25, 0.3) is 0 Å². The van der Waals surface area contributed by atoms with Gasteiger partial charge >= 0.3 is 0 Å². The molecule has 0 aliphatic carbocycles. The molecule has 1 aliphatic heterocycles. The Morgan fingerprint density at radius 1 is 1.00 bits per heavy atom. The number of hydrogen-bond acceptors (Lipinski definition) is 5. The van der Waals surface area contributed by atoms with Crippen molar-refractivity contribution in [3.63, 3.8) is 0 Å². The highest BCUT2D eigenvalue weighted by atomic mass is 32.2. The molecule has 1 heterocycles. The third-order valence-corrected chi connectivity index (χ3v) is 7.36. The van der Waals surface area contributed by atoms with Crippen LogP contribution in [0.15, 0.2) is 9.81 Å². The summed E-state index contributed by atoms with van der Waals surface area (Å²) < 4.78 is 48.5. The van der Waals surface area contributed by atoms with Crippen LogP contribution in [0.3, 0.4) is 0 Å². The molecule has 0 spiro atoms. The van der Waals surface area contributed by atoms with Gasteiger partial charge in [-0.15, -0.1) is 0 Å². The molecule has 116 valence electrons. The van der Waals surface area contributed by atoms with Gasteiger partial charge in [0.1, 0.15) is 4.91 Å². The van der Waals surface area contributed by atoms with Crippen LogP contribution < -0.4 is 0 Å². The highest BCUT2D eigenvalue weighted by Crippen LogP contribution is 2.30. The summed E-state index contributed by atoms with van der Waals surface area (Å²) in [6, 6.07) is 0. The van der Waals surface area contributed by atoms with E-state index in [2.05, 4.69) is 0 Å². The van der Waals surface area contributed by atoms with Gasteiger partial charge in [0.15, 0.2) is 19.7 Å². The lowest BCUT2D eigenvalue weighted by molar-refractivity contribution is -0.126. The zero-order valence-electron chi connectivity index (χ0n) is 12.0. The Balaban J connectivity index is 3.55. The topological polar surface area (TPSA) is 88.6 Å². The lowest BCUT2D eigenvalue weighted by atomic mass is 10.3. The van der Waals surface area contributed by atoms with Gasteiger partial charge in [-0.05, 0) is 20.3 Å². The fraction of sp³-hybridized carbons (Fsp3) is 0.750. The summed E-state index contributed by atoms with van der Waals surface area (Å²) >= 11 is 0. The smallest absolute Gasteiger partial charge is 0.266 e. The molecule has 1 aliphatic rings. The molecule has 6 nitrogen and oxygen atoms in total. The molecule has 0 atom stereocenters. The minimum atomic E-state index is -3.82. The predicted molar refractivity (Wildman–Crippen MR) is 77.4 cm³/mol. The Morgan fingerprint density at radius 2 is 1.50 bits per heavy atom. The molecule has 20 heavy (non-hydrogen) atoms. The quantitative estimate of drug-likeness (QED) is 0.743. The van der Waals surface area contributed by atoms with Crippen molar-refractivity contribution >= 4 is 25.6 Å².